The van der Waals surface area contributed by atoms with E-state index >= 15 is 0 Å². The van der Waals surface area contributed by atoms with Crippen LogP contribution in [0.1, 0.15) is 21.5 Å². The number of thiophene rings is 1. The minimum atomic E-state index is -3.55. The molecule has 1 atom stereocenters. The fourth-order valence-electron chi connectivity index (χ4n) is 4.48. The molecular weight excluding hydrogens is 516 g/mol. The Bertz CT molecular complexity index is 1520. The van der Waals surface area contributed by atoms with Crippen molar-refractivity contribution in [2.24, 2.45) is 0 Å². The van der Waals surface area contributed by atoms with E-state index in [-0.39, 0.29) is 11.9 Å². The minimum Gasteiger partial charge on any atom is -0.496 e. The highest BCUT2D eigenvalue weighted by molar-refractivity contribution is 7.91. The van der Waals surface area contributed by atoms with Crippen molar-refractivity contribution < 1.29 is 17.9 Å². The number of halogens is 1. The number of carbonyl (C=O) groups excluding carboxylic acids is 1. The van der Waals surface area contributed by atoms with E-state index in [1.165, 1.54) is 11.3 Å². The summed E-state index contributed by atoms with van der Waals surface area (Å²) in [5, 5.41) is 5.34. The third-order valence-electron chi connectivity index (χ3n) is 6.10. The lowest BCUT2D eigenvalue weighted by Crippen LogP contribution is -2.34. The molecule has 0 fully saturated rings. The molecule has 1 aliphatic rings. The molecule has 4 aromatic rings. The zero-order valence-corrected chi connectivity index (χ0v) is 21.7. The second-order valence-electron chi connectivity index (χ2n) is 8.49. The van der Waals surface area contributed by atoms with Gasteiger partial charge in [-0.25, -0.2) is 13.1 Å². The zero-order chi connectivity index (χ0) is 25.3. The summed E-state index contributed by atoms with van der Waals surface area (Å²) in [7, 11) is -1.98. The Morgan fingerprint density at radius 1 is 1.00 bits per heavy atom. The fraction of sp³-hybridized carbons (Fsp3) is 0.148. The summed E-state index contributed by atoms with van der Waals surface area (Å²) in [6.45, 7) is 0. The highest BCUT2D eigenvalue weighted by atomic mass is 35.5. The zero-order valence-electron chi connectivity index (χ0n) is 19.3. The van der Waals surface area contributed by atoms with Crippen LogP contribution in [0.5, 0.6) is 5.75 Å². The van der Waals surface area contributed by atoms with Crippen LogP contribution >= 0.6 is 22.9 Å². The SMILES string of the molecule is COc1cccc(C(=O)Nc2ccc3c(c2)CC(NS(=O)(=O)c2cccs2)C3)c1-c1ccc(Cl)cc1. The maximum absolute atomic E-state index is 13.3. The summed E-state index contributed by atoms with van der Waals surface area (Å²) in [5.41, 5.74) is 4.68. The van der Waals surface area contributed by atoms with Gasteiger partial charge in [0, 0.05) is 22.3 Å². The summed E-state index contributed by atoms with van der Waals surface area (Å²) in [5.74, 6) is 0.312. The molecule has 1 aliphatic carbocycles. The number of anilines is 1. The molecule has 6 nitrogen and oxygen atoms in total. The lowest BCUT2D eigenvalue weighted by Gasteiger charge is -2.15. The van der Waals surface area contributed by atoms with Crippen LogP contribution in [0.3, 0.4) is 0 Å². The molecule has 1 heterocycles. The second-order valence-corrected chi connectivity index (χ2v) is 11.8. The van der Waals surface area contributed by atoms with Crippen LogP contribution in [0.2, 0.25) is 5.02 Å². The van der Waals surface area contributed by atoms with Gasteiger partial charge >= 0.3 is 0 Å². The standard InChI is InChI=1S/C27H23ClN2O4S2/c1-34-24-5-2-4-23(26(24)17-7-10-20(28)11-8-17)27(31)29-21-12-9-18-14-22(16-19(18)15-21)30-36(32,33)25-6-3-13-35-25/h2-13,15,22,30H,14,16H2,1H3,(H,29,31). The lowest BCUT2D eigenvalue weighted by atomic mass is 9.97. The van der Waals surface area contributed by atoms with Crippen LogP contribution in [0.4, 0.5) is 5.69 Å². The largest absolute Gasteiger partial charge is 0.496 e. The van der Waals surface area contributed by atoms with Gasteiger partial charge in [0.15, 0.2) is 0 Å². The van der Waals surface area contributed by atoms with Gasteiger partial charge < -0.3 is 10.1 Å². The Hall–Kier alpha value is -3.17. The molecule has 0 bridgehead atoms. The predicted molar refractivity (Wildman–Crippen MR) is 144 cm³/mol. The van der Waals surface area contributed by atoms with Crippen molar-refractivity contribution in [1.82, 2.24) is 4.72 Å². The average Bonchev–Trinajstić information content (AvgIpc) is 3.54. The summed E-state index contributed by atoms with van der Waals surface area (Å²) >= 11 is 7.25. The van der Waals surface area contributed by atoms with E-state index in [1.54, 1.807) is 48.9 Å². The number of nitrogens with one attached hydrogen (secondary N) is 2. The first kappa shape index (κ1) is 24.5. The molecule has 1 unspecified atom stereocenters. The Morgan fingerprint density at radius 2 is 1.78 bits per heavy atom. The molecular formula is C27H23ClN2O4S2. The van der Waals surface area contributed by atoms with Gasteiger partial charge in [-0.3, -0.25) is 4.79 Å². The van der Waals surface area contributed by atoms with Crippen LogP contribution in [-0.4, -0.2) is 27.5 Å². The molecule has 2 N–H and O–H groups in total. The molecule has 9 heteroatoms. The van der Waals surface area contributed by atoms with E-state index in [2.05, 4.69) is 10.0 Å². The minimum absolute atomic E-state index is 0.229. The third kappa shape index (κ3) is 5.03. The average molecular weight is 539 g/mol. The normalized spacial score (nSPS) is 14.9. The van der Waals surface area contributed by atoms with E-state index < -0.39 is 10.0 Å². The monoisotopic (exact) mass is 538 g/mol. The molecule has 1 aromatic heterocycles. The third-order valence-corrected chi connectivity index (χ3v) is 9.27. The van der Waals surface area contributed by atoms with Crippen molar-refractivity contribution in [1.29, 1.82) is 0 Å². The van der Waals surface area contributed by atoms with Crippen molar-refractivity contribution >= 4 is 44.6 Å². The summed E-state index contributed by atoms with van der Waals surface area (Å²) < 4.78 is 33.9. The van der Waals surface area contributed by atoms with Gasteiger partial charge in [0.25, 0.3) is 5.91 Å². The number of fused-ring (bicyclic) bond motifs is 1. The molecule has 1 amide bonds. The molecule has 0 radical (unpaired) electrons. The predicted octanol–water partition coefficient (Wildman–Crippen LogP) is 5.78. The molecule has 0 aliphatic heterocycles. The van der Waals surface area contributed by atoms with Gasteiger partial charge in [-0.2, -0.15) is 0 Å². The van der Waals surface area contributed by atoms with E-state index in [0.717, 1.165) is 16.7 Å². The van der Waals surface area contributed by atoms with E-state index in [4.69, 9.17) is 16.3 Å². The Kier molecular flexibility index (Phi) is 6.85. The van der Waals surface area contributed by atoms with Gasteiger partial charge in [-0.05, 0) is 77.4 Å². The first-order chi connectivity index (χ1) is 17.3. The van der Waals surface area contributed by atoms with Gasteiger partial charge in [0.05, 0.1) is 12.7 Å². The number of hydrogen-bond donors (Lipinski definition) is 2. The summed E-state index contributed by atoms with van der Waals surface area (Å²) in [6, 6.07) is 21.4. The number of rotatable bonds is 7. The lowest BCUT2D eigenvalue weighted by molar-refractivity contribution is 0.102. The Morgan fingerprint density at radius 3 is 2.50 bits per heavy atom. The van der Waals surface area contributed by atoms with Gasteiger partial charge in [-0.15, -0.1) is 11.3 Å². The molecule has 0 saturated carbocycles. The molecule has 5 rings (SSSR count). The van der Waals surface area contributed by atoms with Crippen molar-refractivity contribution in [3.63, 3.8) is 0 Å². The second kappa shape index (κ2) is 10.1. The highest BCUT2D eigenvalue weighted by Gasteiger charge is 2.27. The van der Waals surface area contributed by atoms with Crippen molar-refractivity contribution in [3.8, 4) is 16.9 Å². The summed E-state index contributed by atoms with van der Waals surface area (Å²) in [4.78, 5) is 13.3. The number of carbonyl (C=O) groups is 1. The first-order valence-corrected chi connectivity index (χ1v) is 14.0. The number of hydrogen-bond acceptors (Lipinski definition) is 5. The van der Waals surface area contributed by atoms with Gasteiger partial charge in [-0.1, -0.05) is 41.9 Å². The van der Waals surface area contributed by atoms with Crippen molar-refractivity contribution in [3.05, 3.63) is 99.9 Å². The smallest absolute Gasteiger partial charge is 0.256 e. The van der Waals surface area contributed by atoms with Crippen LogP contribution in [0.15, 0.2) is 82.4 Å². The van der Waals surface area contributed by atoms with Crippen LogP contribution in [-0.2, 0) is 22.9 Å². The number of sulfonamides is 1. The molecule has 3 aromatic carbocycles. The highest BCUT2D eigenvalue weighted by Crippen LogP contribution is 2.35. The molecule has 36 heavy (non-hydrogen) atoms. The first-order valence-electron chi connectivity index (χ1n) is 11.3. The van der Waals surface area contributed by atoms with Gasteiger partial charge in [0.2, 0.25) is 10.0 Å². The molecule has 0 saturated heterocycles. The van der Waals surface area contributed by atoms with Gasteiger partial charge in [0.1, 0.15) is 9.96 Å². The maximum atomic E-state index is 13.3. The van der Waals surface area contributed by atoms with E-state index in [9.17, 15) is 13.2 Å². The van der Waals surface area contributed by atoms with Crippen LogP contribution in [0, 0.1) is 0 Å². The Labute approximate surface area is 219 Å². The quantitative estimate of drug-likeness (QED) is 0.312. The number of ether oxygens (including phenoxy) is 1. The maximum Gasteiger partial charge on any atom is 0.256 e. The Balaban J connectivity index is 1.35. The van der Waals surface area contributed by atoms with Crippen molar-refractivity contribution in [2.75, 3.05) is 12.4 Å². The fourth-order valence-corrected chi connectivity index (χ4v) is 6.85. The topological polar surface area (TPSA) is 84.5 Å². The number of methoxy groups -OCH3 is 1. The van der Waals surface area contributed by atoms with Crippen LogP contribution in [0.25, 0.3) is 11.1 Å². The summed E-state index contributed by atoms with van der Waals surface area (Å²) in [6.07, 6.45) is 1.16. The number of benzene rings is 3. The van der Waals surface area contributed by atoms with E-state index in [1.807, 2.05) is 36.4 Å². The van der Waals surface area contributed by atoms with Crippen molar-refractivity contribution in [2.45, 2.75) is 23.1 Å². The number of amides is 1. The molecule has 0 spiro atoms. The van der Waals surface area contributed by atoms with E-state index in [0.29, 0.717) is 44.6 Å². The molecule has 184 valence electrons. The van der Waals surface area contributed by atoms with Crippen LogP contribution < -0.4 is 14.8 Å².